The van der Waals surface area contributed by atoms with Crippen molar-refractivity contribution in [1.82, 2.24) is 10.7 Å². The molecule has 2 N–H and O–H groups in total. The predicted molar refractivity (Wildman–Crippen MR) is 114 cm³/mol. The lowest BCUT2D eigenvalue weighted by Crippen LogP contribution is -2.48. The fourth-order valence-corrected chi connectivity index (χ4v) is 3.14. The van der Waals surface area contributed by atoms with Crippen LogP contribution in [0.15, 0.2) is 52.0 Å². The molecule has 2 aromatic carbocycles. The van der Waals surface area contributed by atoms with E-state index in [1.54, 1.807) is 43.5 Å². The standard InChI is InChI=1S/C20H21BrClN3O3/c1-12(2)18(24-19(26)14-5-4-6-15(22)10-14)20(27)25-23-11-13-7-8-17(28-3)16(21)9-13/h4-12,18H,1-3H3,(H,24,26)(H,25,27). The second kappa shape index (κ2) is 10.2. The van der Waals surface area contributed by atoms with Crippen LogP contribution in [0.3, 0.4) is 0 Å². The number of benzene rings is 2. The first-order valence-corrected chi connectivity index (χ1v) is 9.71. The minimum absolute atomic E-state index is 0.131. The number of methoxy groups -OCH3 is 1. The van der Waals surface area contributed by atoms with Crippen molar-refractivity contribution in [1.29, 1.82) is 0 Å². The smallest absolute Gasteiger partial charge is 0.262 e. The minimum Gasteiger partial charge on any atom is -0.496 e. The van der Waals surface area contributed by atoms with E-state index in [2.05, 4.69) is 31.8 Å². The summed E-state index contributed by atoms with van der Waals surface area (Å²) in [5.74, 6) is -0.216. The molecule has 0 spiro atoms. The maximum Gasteiger partial charge on any atom is 0.262 e. The van der Waals surface area contributed by atoms with Gasteiger partial charge in [-0.2, -0.15) is 5.10 Å². The van der Waals surface area contributed by atoms with Crippen LogP contribution >= 0.6 is 27.5 Å². The molecule has 2 amide bonds. The van der Waals surface area contributed by atoms with Crippen LogP contribution in [0, 0.1) is 5.92 Å². The third kappa shape index (κ3) is 6.07. The highest BCUT2D eigenvalue weighted by Crippen LogP contribution is 2.24. The van der Waals surface area contributed by atoms with Gasteiger partial charge in [0.1, 0.15) is 11.8 Å². The third-order valence-electron chi connectivity index (χ3n) is 3.89. The zero-order chi connectivity index (χ0) is 20.7. The maximum atomic E-state index is 12.5. The number of rotatable bonds is 7. The molecule has 0 bridgehead atoms. The first-order chi connectivity index (χ1) is 13.3. The van der Waals surface area contributed by atoms with Crippen molar-refractivity contribution in [3.8, 4) is 5.75 Å². The lowest BCUT2D eigenvalue weighted by molar-refractivity contribution is -0.123. The fourth-order valence-electron chi connectivity index (χ4n) is 2.39. The zero-order valence-corrected chi connectivity index (χ0v) is 18.0. The number of carbonyl (C=O) groups is 2. The van der Waals surface area contributed by atoms with Crippen LogP contribution in [-0.4, -0.2) is 31.2 Å². The van der Waals surface area contributed by atoms with E-state index in [-0.39, 0.29) is 11.8 Å². The molecular weight excluding hydrogens is 446 g/mol. The minimum atomic E-state index is -0.744. The number of ether oxygens (including phenoxy) is 1. The molecule has 0 saturated carbocycles. The molecule has 1 atom stereocenters. The molecule has 0 radical (unpaired) electrons. The SMILES string of the molecule is COc1ccc(C=NNC(=O)C(NC(=O)c2cccc(Cl)c2)C(C)C)cc1Br. The summed E-state index contributed by atoms with van der Waals surface area (Å²) in [5.41, 5.74) is 3.63. The molecule has 0 aromatic heterocycles. The Morgan fingerprint density at radius 2 is 1.96 bits per heavy atom. The van der Waals surface area contributed by atoms with E-state index in [9.17, 15) is 9.59 Å². The Morgan fingerprint density at radius 1 is 1.21 bits per heavy atom. The molecule has 1 unspecified atom stereocenters. The van der Waals surface area contributed by atoms with Gasteiger partial charge in [0, 0.05) is 10.6 Å². The van der Waals surface area contributed by atoms with Gasteiger partial charge in [-0.1, -0.05) is 31.5 Å². The lowest BCUT2D eigenvalue weighted by Gasteiger charge is -2.20. The first kappa shape index (κ1) is 21.9. The Hall–Kier alpha value is -2.38. The van der Waals surface area contributed by atoms with Crippen LogP contribution in [0.5, 0.6) is 5.75 Å². The number of hydrogen-bond donors (Lipinski definition) is 2. The van der Waals surface area contributed by atoms with Crippen LogP contribution in [0.4, 0.5) is 0 Å². The Bertz CT molecular complexity index is 887. The molecule has 2 aromatic rings. The molecule has 0 aliphatic carbocycles. The van der Waals surface area contributed by atoms with Gasteiger partial charge in [-0.25, -0.2) is 5.43 Å². The highest BCUT2D eigenvalue weighted by atomic mass is 79.9. The Morgan fingerprint density at radius 3 is 2.57 bits per heavy atom. The molecule has 148 valence electrons. The van der Waals surface area contributed by atoms with Crippen LogP contribution in [0.25, 0.3) is 0 Å². The summed E-state index contributed by atoms with van der Waals surface area (Å²) in [5, 5.41) is 7.15. The molecule has 0 aliphatic rings. The van der Waals surface area contributed by atoms with E-state index >= 15 is 0 Å². The Labute approximate surface area is 177 Å². The third-order valence-corrected chi connectivity index (χ3v) is 4.74. The van der Waals surface area contributed by atoms with Crippen molar-refractivity contribution in [2.75, 3.05) is 7.11 Å². The molecule has 0 fully saturated rings. The molecule has 0 aliphatic heterocycles. The van der Waals surface area contributed by atoms with E-state index in [0.717, 1.165) is 10.0 Å². The Kier molecular flexibility index (Phi) is 8.02. The average Bonchev–Trinajstić information content (AvgIpc) is 2.65. The van der Waals surface area contributed by atoms with E-state index < -0.39 is 11.9 Å². The summed E-state index contributed by atoms with van der Waals surface area (Å²) in [4.78, 5) is 24.9. The van der Waals surface area contributed by atoms with Gasteiger partial charge >= 0.3 is 0 Å². The highest BCUT2D eigenvalue weighted by Gasteiger charge is 2.24. The molecule has 0 saturated heterocycles. The second-order valence-corrected chi connectivity index (χ2v) is 7.62. The average molecular weight is 467 g/mol. The lowest BCUT2D eigenvalue weighted by atomic mass is 10.0. The van der Waals surface area contributed by atoms with E-state index in [1.807, 2.05) is 19.9 Å². The summed E-state index contributed by atoms with van der Waals surface area (Å²) < 4.78 is 5.95. The number of nitrogens with one attached hydrogen (secondary N) is 2. The van der Waals surface area contributed by atoms with Crippen molar-refractivity contribution in [2.45, 2.75) is 19.9 Å². The van der Waals surface area contributed by atoms with Gasteiger partial charge in [-0.05, 0) is 63.8 Å². The predicted octanol–water partition coefficient (Wildman–Crippen LogP) is 4.02. The van der Waals surface area contributed by atoms with E-state index in [0.29, 0.717) is 16.3 Å². The van der Waals surface area contributed by atoms with Crippen LogP contribution in [-0.2, 0) is 4.79 Å². The number of hydrogen-bond acceptors (Lipinski definition) is 4. The van der Waals surface area contributed by atoms with Gasteiger partial charge in [-0.15, -0.1) is 0 Å². The van der Waals surface area contributed by atoms with Gasteiger partial charge in [0.25, 0.3) is 11.8 Å². The van der Waals surface area contributed by atoms with Crippen LogP contribution < -0.4 is 15.5 Å². The number of amides is 2. The van der Waals surface area contributed by atoms with Crippen LogP contribution in [0.1, 0.15) is 29.8 Å². The molecule has 2 rings (SSSR count). The number of nitrogens with zero attached hydrogens (tertiary/aromatic N) is 1. The van der Waals surface area contributed by atoms with Gasteiger partial charge in [0.05, 0.1) is 17.8 Å². The summed E-state index contributed by atoms with van der Waals surface area (Å²) in [6.07, 6.45) is 1.51. The number of carbonyl (C=O) groups excluding carboxylic acids is 2. The van der Waals surface area contributed by atoms with Crippen molar-refractivity contribution >= 4 is 45.6 Å². The van der Waals surface area contributed by atoms with Gasteiger partial charge < -0.3 is 10.1 Å². The molecule has 6 nitrogen and oxygen atoms in total. The second-order valence-electron chi connectivity index (χ2n) is 6.33. The van der Waals surface area contributed by atoms with Crippen molar-refractivity contribution in [3.63, 3.8) is 0 Å². The maximum absolute atomic E-state index is 12.5. The highest BCUT2D eigenvalue weighted by molar-refractivity contribution is 9.10. The van der Waals surface area contributed by atoms with Gasteiger partial charge in [0.2, 0.25) is 0 Å². The molecule has 8 heteroatoms. The van der Waals surface area contributed by atoms with Crippen molar-refractivity contribution in [3.05, 3.63) is 63.1 Å². The monoisotopic (exact) mass is 465 g/mol. The van der Waals surface area contributed by atoms with Crippen molar-refractivity contribution < 1.29 is 14.3 Å². The van der Waals surface area contributed by atoms with E-state index in [4.69, 9.17) is 16.3 Å². The molecular formula is C20H21BrClN3O3. The van der Waals surface area contributed by atoms with Crippen molar-refractivity contribution in [2.24, 2.45) is 11.0 Å². The largest absolute Gasteiger partial charge is 0.496 e. The van der Waals surface area contributed by atoms with Gasteiger partial charge in [0.15, 0.2) is 0 Å². The molecule has 28 heavy (non-hydrogen) atoms. The number of halogens is 2. The summed E-state index contributed by atoms with van der Waals surface area (Å²) in [6, 6.07) is 11.2. The topological polar surface area (TPSA) is 79.8 Å². The van der Waals surface area contributed by atoms with Crippen LogP contribution in [0.2, 0.25) is 5.02 Å². The van der Waals surface area contributed by atoms with Gasteiger partial charge in [-0.3, -0.25) is 9.59 Å². The normalized spacial score (nSPS) is 12.1. The Balaban J connectivity index is 2.02. The zero-order valence-electron chi connectivity index (χ0n) is 15.7. The molecule has 0 heterocycles. The summed E-state index contributed by atoms with van der Waals surface area (Å²) in [7, 11) is 1.58. The van der Waals surface area contributed by atoms with E-state index in [1.165, 1.54) is 6.21 Å². The number of hydrazone groups is 1. The fraction of sp³-hybridized carbons (Fsp3) is 0.250. The summed E-state index contributed by atoms with van der Waals surface area (Å²) >= 11 is 9.31. The first-order valence-electron chi connectivity index (χ1n) is 8.54. The summed E-state index contributed by atoms with van der Waals surface area (Å²) in [6.45, 7) is 3.68. The quantitative estimate of drug-likeness (QED) is 0.478.